The lowest BCUT2D eigenvalue weighted by atomic mass is 9.92. The number of nitrogens with zero attached hydrogens (tertiary/aromatic N) is 2. The average Bonchev–Trinajstić information content (AvgIpc) is 3.20. The molecule has 1 unspecified atom stereocenters. The van der Waals surface area contributed by atoms with Gasteiger partial charge in [-0.05, 0) is 78.8 Å². The van der Waals surface area contributed by atoms with Gasteiger partial charge in [0.05, 0.1) is 11.6 Å². The van der Waals surface area contributed by atoms with E-state index in [-0.39, 0.29) is 6.04 Å². The molecule has 1 aliphatic carbocycles. The van der Waals surface area contributed by atoms with E-state index in [1.165, 1.54) is 28.8 Å². The number of aromatic nitrogens is 1. The van der Waals surface area contributed by atoms with Gasteiger partial charge in [-0.3, -0.25) is 9.69 Å². The summed E-state index contributed by atoms with van der Waals surface area (Å²) in [5, 5.41) is 12.3. The Morgan fingerprint density at radius 3 is 2.78 bits per heavy atom. The van der Waals surface area contributed by atoms with E-state index in [0.29, 0.717) is 36.6 Å². The van der Waals surface area contributed by atoms with E-state index in [9.17, 15) is 23.1 Å². The molecule has 0 fully saturated rings. The Balaban J connectivity index is 1.49. The number of halogens is 5. The van der Waals surface area contributed by atoms with E-state index in [4.69, 9.17) is 28.9 Å². The lowest BCUT2D eigenvalue weighted by molar-refractivity contribution is -0.141. The second-order valence-corrected chi connectivity index (χ2v) is 9.90. The molecule has 194 valence electrons. The quantitative estimate of drug-likeness (QED) is 0.471. The molecule has 36 heavy (non-hydrogen) atoms. The summed E-state index contributed by atoms with van der Waals surface area (Å²) in [6.45, 7) is 1.18. The average molecular weight is 543 g/mol. The Labute approximate surface area is 217 Å². The van der Waals surface area contributed by atoms with Gasteiger partial charge >= 0.3 is 6.18 Å². The third kappa shape index (κ3) is 5.86. The maximum Gasteiger partial charge on any atom is 0.434 e. The first-order valence-electron chi connectivity index (χ1n) is 11.7. The molecular formula is C25H27Cl2F3N4O2. The number of hydrogen-bond donors (Lipinski definition) is 3. The number of carbonyl (C=O) groups excluding carboxylic acids is 1. The smallest absolute Gasteiger partial charge is 0.394 e. The summed E-state index contributed by atoms with van der Waals surface area (Å²) < 4.78 is 39.5. The van der Waals surface area contributed by atoms with Crippen LogP contribution in [0.3, 0.4) is 0 Å². The SMILES string of the molecule is N[C@@H](CO)C(=O)NCC1C2=C(CCN1CCCc1ccc(Cl)c(C(F)(F)F)n1)c1cc(Cl)ccc1C2. The fourth-order valence-electron chi connectivity index (χ4n) is 4.93. The van der Waals surface area contributed by atoms with Gasteiger partial charge in [-0.15, -0.1) is 0 Å². The molecule has 0 bridgehead atoms. The minimum atomic E-state index is -4.61. The summed E-state index contributed by atoms with van der Waals surface area (Å²) in [6.07, 6.45) is -2.14. The van der Waals surface area contributed by atoms with Crippen molar-refractivity contribution < 1.29 is 23.1 Å². The molecule has 1 aromatic heterocycles. The molecule has 0 saturated carbocycles. The maximum atomic E-state index is 13.2. The number of alkyl halides is 3. The van der Waals surface area contributed by atoms with Gasteiger partial charge in [-0.2, -0.15) is 13.2 Å². The van der Waals surface area contributed by atoms with E-state index in [0.717, 1.165) is 24.9 Å². The molecule has 4 N–H and O–H groups in total. The van der Waals surface area contributed by atoms with E-state index in [1.807, 2.05) is 18.2 Å². The third-order valence-corrected chi connectivity index (χ3v) is 7.25. The van der Waals surface area contributed by atoms with Gasteiger partial charge in [0.1, 0.15) is 6.04 Å². The van der Waals surface area contributed by atoms with Crippen LogP contribution in [-0.4, -0.2) is 59.2 Å². The summed E-state index contributed by atoms with van der Waals surface area (Å²) >= 11 is 11.9. The molecule has 2 atom stereocenters. The van der Waals surface area contributed by atoms with Gasteiger partial charge in [0.2, 0.25) is 5.91 Å². The van der Waals surface area contributed by atoms with Crippen molar-refractivity contribution in [1.82, 2.24) is 15.2 Å². The fourth-order valence-corrected chi connectivity index (χ4v) is 5.31. The van der Waals surface area contributed by atoms with Crippen molar-refractivity contribution in [3.8, 4) is 0 Å². The second-order valence-electron chi connectivity index (χ2n) is 9.05. The first-order chi connectivity index (χ1) is 17.1. The zero-order chi connectivity index (χ0) is 26.0. The monoisotopic (exact) mass is 542 g/mol. The van der Waals surface area contributed by atoms with E-state index < -0.39 is 35.4 Å². The number of carbonyl (C=O) groups is 1. The standard InChI is InChI=1S/C25H27Cl2F3N4O2/c26-15-4-3-14-10-19-17(18(14)11-15)7-9-34(22(19)12-32-24(36)21(31)13-35)8-1-2-16-5-6-20(27)23(33-16)25(28,29)30/h3-6,11,21-22,35H,1-2,7-10,12-13,31H2,(H,32,36)/t21-,22?/m0/s1. The highest BCUT2D eigenvalue weighted by atomic mass is 35.5. The number of aryl methyl sites for hydroxylation is 1. The Kier molecular flexibility index (Phi) is 8.26. The lowest BCUT2D eigenvalue weighted by Crippen LogP contribution is -2.51. The highest BCUT2D eigenvalue weighted by Crippen LogP contribution is 2.42. The molecule has 1 aromatic carbocycles. The Hall–Kier alpha value is -2.17. The Morgan fingerprint density at radius 1 is 1.28 bits per heavy atom. The van der Waals surface area contributed by atoms with Gasteiger partial charge < -0.3 is 16.2 Å². The van der Waals surface area contributed by atoms with Crippen LogP contribution in [0.4, 0.5) is 13.2 Å². The second kappa shape index (κ2) is 11.1. The number of rotatable bonds is 8. The van der Waals surface area contributed by atoms with Crippen molar-refractivity contribution in [3.63, 3.8) is 0 Å². The first kappa shape index (κ1) is 26.9. The molecule has 2 aliphatic rings. The van der Waals surface area contributed by atoms with E-state index in [1.54, 1.807) is 0 Å². The summed E-state index contributed by atoms with van der Waals surface area (Å²) in [5.41, 5.74) is 9.64. The van der Waals surface area contributed by atoms with Crippen LogP contribution in [0.2, 0.25) is 10.0 Å². The molecule has 11 heteroatoms. The predicted octanol–water partition coefficient (Wildman–Crippen LogP) is 3.86. The van der Waals surface area contributed by atoms with Crippen LogP contribution in [-0.2, 0) is 23.8 Å². The summed E-state index contributed by atoms with van der Waals surface area (Å²) in [5.74, 6) is -0.436. The molecule has 0 radical (unpaired) electrons. The molecular weight excluding hydrogens is 516 g/mol. The lowest BCUT2D eigenvalue weighted by Gasteiger charge is -2.37. The predicted molar refractivity (Wildman–Crippen MR) is 133 cm³/mol. The maximum absolute atomic E-state index is 13.2. The molecule has 1 amide bonds. The van der Waals surface area contributed by atoms with Crippen molar-refractivity contribution in [3.05, 3.63) is 68.5 Å². The number of aliphatic hydroxyl groups is 1. The minimum Gasteiger partial charge on any atom is -0.394 e. The van der Waals surface area contributed by atoms with Gasteiger partial charge in [0.15, 0.2) is 5.69 Å². The molecule has 0 spiro atoms. The van der Waals surface area contributed by atoms with Crippen molar-refractivity contribution in [2.45, 2.75) is 43.9 Å². The molecule has 0 saturated heterocycles. The van der Waals surface area contributed by atoms with Crippen molar-refractivity contribution >= 4 is 34.7 Å². The molecule has 4 rings (SSSR count). The van der Waals surface area contributed by atoms with Gasteiger partial charge in [0.25, 0.3) is 0 Å². The number of hydrogen-bond acceptors (Lipinski definition) is 5. The minimum absolute atomic E-state index is 0.112. The number of fused-ring (bicyclic) bond motifs is 2. The highest BCUT2D eigenvalue weighted by molar-refractivity contribution is 6.31. The Morgan fingerprint density at radius 2 is 2.06 bits per heavy atom. The summed E-state index contributed by atoms with van der Waals surface area (Å²) in [4.78, 5) is 18.2. The largest absolute Gasteiger partial charge is 0.434 e. The van der Waals surface area contributed by atoms with Crippen LogP contribution in [0, 0.1) is 0 Å². The zero-order valence-corrected chi connectivity index (χ0v) is 20.9. The van der Waals surface area contributed by atoms with Gasteiger partial charge in [0, 0.05) is 29.8 Å². The Bertz CT molecular complexity index is 1170. The molecule has 6 nitrogen and oxygen atoms in total. The summed E-state index contributed by atoms with van der Waals surface area (Å²) in [7, 11) is 0. The number of pyridine rings is 1. The van der Waals surface area contributed by atoms with Crippen LogP contribution < -0.4 is 11.1 Å². The number of nitrogens with two attached hydrogens (primary N) is 1. The van der Waals surface area contributed by atoms with Crippen LogP contribution in [0.5, 0.6) is 0 Å². The van der Waals surface area contributed by atoms with Crippen molar-refractivity contribution in [1.29, 1.82) is 0 Å². The first-order valence-corrected chi connectivity index (χ1v) is 12.5. The van der Waals surface area contributed by atoms with Gasteiger partial charge in [-0.25, -0.2) is 4.98 Å². The van der Waals surface area contributed by atoms with Crippen molar-refractivity contribution in [2.75, 3.05) is 26.2 Å². The van der Waals surface area contributed by atoms with Gasteiger partial charge in [-0.1, -0.05) is 29.3 Å². The normalized spacial score (nSPS) is 18.7. The van der Waals surface area contributed by atoms with E-state index >= 15 is 0 Å². The zero-order valence-electron chi connectivity index (χ0n) is 19.4. The molecule has 2 aromatic rings. The van der Waals surface area contributed by atoms with Crippen LogP contribution in [0.1, 0.15) is 35.4 Å². The fraction of sp³-hybridized carbons (Fsp3) is 0.440. The molecule has 2 heterocycles. The number of aliphatic hydroxyl groups excluding tert-OH is 1. The van der Waals surface area contributed by atoms with Crippen LogP contribution >= 0.6 is 23.2 Å². The number of nitrogens with one attached hydrogen (secondary N) is 1. The number of benzene rings is 1. The topological polar surface area (TPSA) is 91.5 Å². The summed E-state index contributed by atoms with van der Waals surface area (Å²) in [6, 6.07) is 7.47. The number of amides is 1. The van der Waals surface area contributed by atoms with Crippen molar-refractivity contribution in [2.24, 2.45) is 5.73 Å². The highest BCUT2D eigenvalue weighted by Gasteiger charge is 2.36. The third-order valence-electron chi connectivity index (χ3n) is 6.71. The van der Waals surface area contributed by atoms with E-state index in [2.05, 4.69) is 15.2 Å². The molecule has 1 aliphatic heterocycles. The van der Waals surface area contributed by atoms with Crippen LogP contribution in [0.15, 0.2) is 35.9 Å². The van der Waals surface area contributed by atoms with Crippen LogP contribution in [0.25, 0.3) is 5.57 Å².